The number of nitrogens with zero attached hydrogens (tertiary/aromatic N) is 3. The lowest BCUT2D eigenvalue weighted by molar-refractivity contribution is 0.325. The molecule has 0 bridgehead atoms. The van der Waals surface area contributed by atoms with Crippen molar-refractivity contribution in [2.24, 2.45) is 0 Å². The highest BCUT2D eigenvalue weighted by Crippen LogP contribution is 2.22. The molecule has 7 heteroatoms. The zero-order valence-electron chi connectivity index (χ0n) is 13.1. The van der Waals surface area contributed by atoms with Gasteiger partial charge in [0.05, 0.1) is 6.61 Å². The number of rotatable bonds is 6. The van der Waals surface area contributed by atoms with Crippen LogP contribution in [0.5, 0.6) is 5.75 Å². The summed E-state index contributed by atoms with van der Waals surface area (Å²) in [6, 6.07) is 14.2. The lowest BCUT2D eigenvalue weighted by Gasteiger charge is -2.07. The molecule has 24 heavy (non-hydrogen) atoms. The van der Waals surface area contributed by atoms with Gasteiger partial charge in [-0.05, 0) is 19.1 Å². The Morgan fingerprint density at radius 3 is 2.62 bits per heavy atom. The van der Waals surface area contributed by atoms with Crippen LogP contribution in [0.25, 0.3) is 11.4 Å². The number of nitrogen functional groups attached to an aromatic ring is 1. The molecule has 0 aliphatic heterocycles. The number of aryl methyl sites for hydroxylation is 1. The summed E-state index contributed by atoms with van der Waals surface area (Å²) < 4.78 is 20.3. The number of aromatic nitrogens is 3. The third-order valence-electron chi connectivity index (χ3n) is 3.38. The number of benzene rings is 2. The molecule has 2 aromatic carbocycles. The lowest BCUT2D eigenvalue weighted by Crippen LogP contribution is -2.12. The number of nitrogens with two attached hydrogens (primary N) is 1. The van der Waals surface area contributed by atoms with Crippen LogP contribution in [-0.2, 0) is 0 Å². The summed E-state index contributed by atoms with van der Waals surface area (Å²) in [7, 11) is 0. The number of ether oxygens (including phenoxy) is 1. The highest BCUT2D eigenvalue weighted by atomic mass is 32.2. The summed E-state index contributed by atoms with van der Waals surface area (Å²) in [6.07, 6.45) is 0. The van der Waals surface area contributed by atoms with Crippen LogP contribution < -0.4 is 10.6 Å². The first kappa shape index (κ1) is 16.3. The summed E-state index contributed by atoms with van der Waals surface area (Å²) in [4.78, 5) is 0. The molecule has 0 amide bonds. The van der Waals surface area contributed by atoms with Gasteiger partial charge in [0.15, 0.2) is 17.4 Å². The minimum absolute atomic E-state index is 0.243. The van der Waals surface area contributed by atoms with Gasteiger partial charge < -0.3 is 10.6 Å². The second-order valence-corrected chi connectivity index (χ2v) is 6.23. The molecule has 3 aromatic rings. The Labute approximate surface area is 143 Å². The van der Waals surface area contributed by atoms with Crippen LogP contribution in [0.2, 0.25) is 0 Å². The fourth-order valence-corrected chi connectivity index (χ4v) is 2.79. The predicted octanol–water partition coefficient (Wildman–Crippen LogP) is 3.28. The van der Waals surface area contributed by atoms with Gasteiger partial charge in [0, 0.05) is 11.3 Å². The van der Waals surface area contributed by atoms with Crippen LogP contribution in [0.15, 0.2) is 53.7 Å². The molecule has 1 aromatic heterocycles. The van der Waals surface area contributed by atoms with Crippen molar-refractivity contribution >= 4 is 11.8 Å². The highest BCUT2D eigenvalue weighted by Gasteiger charge is 2.12. The first-order valence-electron chi connectivity index (χ1n) is 7.43. The minimum atomic E-state index is -0.369. The zero-order chi connectivity index (χ0) is 16.9. The Morgan fingerprint density at radius 2 is 1.88 bits per heavy atom. The van der Waals surface area contributed by atoms with E-state index < -0.39 is 0 Å². The average Bonchev–Trinajstić information content (AvgIpc) is 2.95. The summed E-state index contributed by atoms with van der Waals surface area (Å²) in [5.74, 6) is 7.12. The van der Waals surface area contributed by atoms with Crippen molar-refractivity contribution in [3.05, 3.63) is 59.9 Å². The van der Waals surface area contributed by atoms with E-state index >= 15 is 0 Å². The van der Waals surface area contributed by atoms with E-state index in [0.29, 0.717) is 23.3 Å². The normalized spacial score (nSPS) is 10.8. The Kier molecular flexibility index (Phi) is 5.00. The molecule has 0 saturated heterocycles. The maximum Gasteiger partial charge on any atom is 0.210 e. The van der Waals surface area contributed by atoms with Crippen molar-refractivity contribution in [1.82, 2.24) is 14.9 Å². The Hall–Kier alpha value is -2.54. The molecule has 0 spiro atoms. The maximum absolute atomic E-state index is 13.4. The van der Waals surface area contributed by atoms with E-state index in [4.69, 9.17) is 10.6 Å². The summed E-state index contributed by atoms with van der Waals surface area (Å²) in [5, 5.41) is 8.82. The van der Waals surface area contributed by atoms with E-state index in [-0.39, 0.29) is 11.6 Å². The van der Waals surface area contributed by atoms with E-state index in [9.17, 15) is 4.39 Å². The molecule has 0 radical (unpaired) electrons. The topological polar surface area (TPSA) is 66.0 Å². The molecule has 0 saturated carbocycles. The number of hydrogen-bond acceptors (Lipinski definition) is 5. The fourth-order valence-electron chi connectivity index (χ4n) is 2.12. The van der Waals surface area contributed by atoms with Gasteiger partial charge in [-0.1, -0.05) is 53.7 Å². The van der Waals surface area contributed by atoms with Crippen molar-refractivity contribution in [2.45, 2.75) is 12.1 Å². The van der Waals surface area contributed by atoms with E-state index in [0.717, 1.165) is 5.56 Å². The van der Waals surface area contributed by atoms with E-state index in [2.05, 4.69) is 10.2 Å². The molecule has 0 unspecified atom stereocenters. The zero-order valence-corrected chi connectivity index (χ0v) is 14.0. The minimum Gasteiger partial charge on any atom is -0.490 e. The van der Waals surface area contributed by atoms with Crippen molar-refractivity contribution in [3.63, 3.8) is 0 Å². The van der Waals surface area contributed by atoms with E-state index in [1.165, 1.54) is 28.1 Å². The average molecular weight is 344 g/mol. The van der Waals surface area contributed by atoms with Crippen LogP contribution in [0.4, 0.5) is 4.39 Å². The van der Waals surface area contributed by atoms with Crippen molar-refractivity contribution in [2.75, 3.05) is 18.2 Å². The SMILES string of the molecule is Cc1ccc(-c2nnc(SCCOc3ccccc3F)n2N)cc1. The number of para-hydroxylation sites is 1. The Bertz CT molecular complexity index is 820. The number of thioether (sulfide) groups is 1. The first-order valence-corrected chi connectivity index (χ1v) is 8.41. The standard InChI is InChI=1S/C17H17FN4OS/c1-12-6-8-13(9-7-12)16-20-21-17(22(16)19)24-11-10-23-15-5-3-2-4-14(15)18/h2-9H,10-11,19H2,1H3. The van der Waals surface area contributed by atoms with Gasteiger partial charge in [0.25, 0.3) is 0 Å². The summed E-state index contributed by atoms with van der Waals surface area (Å²) in [6.45, 7) is 2.37. The van der Waals surface area contributed by atoms with Crippen molar-refractivity contribution in [1.29, 1.82) is 0 Å². The second kappa shape index (κ2) is 7.35. The van der Waals surface area contributed by atoms with Crippen LogP contribution in [0.1, 0.15) is 5.56 Å². The van der Waals surface area contributed by atoms with Crippen molar-refractivity contribution in [3.8, 4) is 17.1 Å². The van der Waals surface area contributed by atoms with E-state index in [1.807, 2.05) is 31.2 Å². The largest absolute Gasteiger partial charge is 0.490 e. The monoisotopic (exact) mass is 344 g/mol. The smallest absolute Gasteiger partial charge is 0.210 e. The van der Waals surface area contributed by atoms with Crippen LogP contribution in [0, 0.1) is 12.7 Å². The Balaban J connectivity index is 1.58. The molecular weight excluding hydrogens is 327 g/mol. The molecule has 5 nitrogen and oxygen atoms in total. The molecule has 0 atom stereocenters. The molecule has 0 aliphatic rings. The van der Waals surface area contributed by atoms with Gasteiger partial charge >= 0.3 is 0 Å². The van der Waals surface area contributed by atoms with Crippen LogP contribution in [0.3, 0.4) is 0 Å². The quantitative estimate of drug-likeness (QED) is 0.422. The third-order valence-corrected chi connectivity index (χ3v) is 4.29. The van der Waals surface area contributed by atoms with Crippen molar-refractivity contribution < 1.29 is 9.13 Å². The van der Waals surface area contributed by atoms with Crippen LogP contribution in [-0.4, -0.2) is 27.2 Å². The highest BCUT2D eigenvalue weighted by molar-refractivity contribution is 7.99. The van der Waals surface area contributed by atoms with E-state index in [1.54, 1.807) is 18.2 Å². The maximum atomic E-state index is 13.4. The number of halogens is 1. The Morgan fingerprint density at radius 1 is 1.12 bits per heavy atom. The molecule has 124 valence electrons. The molecule has 0 fully saturated rings. The molecular formula is C17H17FN4OS. The van der Waals surface area contributed by atoms with Gasteiger partial charge in [-0.25, -0.2) is 9.07 Å². The molecule has 3 rings (SSSR count). The molecule has 1 heterocycles. The summed E-state index contributed by atoms with van der Waals surface area (Å²) >= 11 is 1.41. The lowest BCUT2D eigenvalue weighted by atomic mass is 10.1. The van der Waals surface area contributed by atoms with Gasteiger partial charge in [-0.3, -0.25) is 0 Å². The fraction of sp³-hybridized carbons (Fsp3) is 0.176. The third kappa shape index (κ3) is 3.68. The second-order valence-electron chi connectivity index (χ2n) is 5.17. The van der Waals surface area contributed by atoms with Gasteiger partial charge in [0.1, 0.15) is 0 Å². The van der Waals surface area contributed by atoms with Gasteiger partial charge in [-0.15, -0.1) is 10.2 Å². The predicted molar refractivity (Wildman–Crippen MR) is 93.0 cm³/mol. The molecule has 2 N–H and O–H groups in total. The van der Waals surface area contributed by atoms with Gasteiger partial charge in [0.2, 0.25) is 5.16 Å². The van der Waals surface area contributed by atoms with Crippen LogP contribution >= 0.6 is 11.8 Å². The molecule has 0 aliphatic carbocycles. The number of hydrogen-bond donors (Lipinski definition) is 1. The van der Waals surface area contributed by atoms with Gasteiger partial charge in [-0.2, -0.15) is 0 Å². The summed E-state index contributed by atoms with van der Waals surface area (Å²) in [5.41, 5.74) is 2.08. The first-order chi connectivity index (χ1) is 11.6.